The van der Waals surface area contributed by atoms with E-state index in [9.17, 15) is 10.2 Å². The normalized spacial score (nSPS) is 39.1. The lowest BCUT2D eigenvalue weighted by molar-refractivity contribution is -0.154. The highest BCUT2D eigenvalue weighted by atomic mass is 35.5. The van der Waals surface area contributed by atoms with Crippen LogP contribution < -0.4 is 10.6 Å². The molecule has 3 fully saturated rings. The van der Waals surface area contributed by atoms with Gasteiger partial charge in [-0.15, -0.1) is 24.8 Å². The number of amidine groups is 1. The number of rotatable bonds is 3. The molecule has 3 heterocycles. The van der Waals surface area contributed by atoms with E-state index in [0.717, 1.165) is 31.2 Å². The highest BCUT2D eigenvalue weighted by Crippen LogP contribution is 2.33. The molecule has 0 saturated carbocycles. The fraction of sp³-hybridized carbons (Fsp3) is 0.923. The highest BCUT2D eigenvalue weighted by molar-refractivity contribution is 8.14. The molecule has 10 heteroatoms. The first-order chi connectivity index (χ1) is 10.2. The molecule has 4 N–H and O–H groups in total. The van der Waals surface area contributed by atoms with E-state index in [-0.39, 0.29) is 36.3 Å². The standard InChI is InChI=1S/C13H23N3O4S.2ClH/c1-14-13-16-9-11(18)10(17)8(20-12(9)21-13)6-15-7-2-4-19-5-3-7;;/h7-12,15,17-18H,2-6H2,1H3,(H,14,16);2*1H/t8-,9-,10-,11-,12-;;/m1../s1. The number of halogens is 2. The minimum atomic E-state index is -0.900. The van der Waals surface area contributed by atoms with Crippen molar-refractivity contribution in [3.8, 4) is 0 Å². The van der Waals surface area contributed by atoms with E-state index in [2.05, 4.69) is 15.6 Å². The average molecular weight is 390 g/mol. The van der Waals surface area contributed by atoms with Crippen molar-refractivity contribution in [2.45, 2.75) is 48.7 Å². The fourth-order valence-corrected chi connectivity index (χ4v) is 4.05. The van der Waals surface area contributed by atoms with Crippen molar-refractivity contribution in [1.82, 2.24) is 10.6 Å². The maximum absolute atomic E-state index is 10.3. The zero-order valence-electron chi connectivity index (χ0n) is 12.9. The number of nitrogens with zero attached hydrogens (tertiary/aromatic N) is 1. The molecule has 0 aliphatic carbocycles. The van der Waals surface area contributed by atoms with Crippen LogP contribution in [0.1, 0.15) is 12.8 Å². The van der Waals surface area contributed by atoms with Crippen LogP contribution in [0.2, 0.25) is 0 Å². The predicted molar refractivity (Wildman–Crippen MR) is 94.9 cm³/mol. The summed E-state index contributed by atoms with van der Waals surface area (Å²) in [4.78, 5) is 4.08. The van der Waals surface area contributed by atoms with Gasteiger partial charge in [0.15, 0.2) is 5.17 Å². The van der Waals surface area contributed by atoms with Crippen LogP contribution in [0, 0.1) is 0 Å². The van der Waals surface area contributed by atoms with Gasteiger partial charge in [0.05, 0.1) is 6.04 Å². The molecule has 0 radical (unpaired) electrons. The van der Waals surface area contributed by atoms with Crippen molar-refractivity contribution in [3.05, 3.63) is 0 Å². The number of nitrogens with one attached hydrogen (secondary N) is 2. The number of fused-ring (bicyclic) bond motifs is 1. The Morgan fingerprint density at radius 3 is 2.61 bits per heavy atom. The van der Waals surface area contributed by atoms with Gasteiger partial charge in [-0.25, -0.2) is 0 Å². The molecule has 0 aromatic carbocycles. The van der Waals surface area contributed by atoms with E-state index >= 15 is 0 Å². The Bertz CT molecular complexity index is 401. The first-order valence-corrected chi connectivity index (χ1v) is 8.29. The van der Waals surface area contributed by atoms with Crippen LogP contribution in [0.25, 0.3) is 0 Å². The Hall–Kier alpha value is 0.200. The topological polar surface area (TPSA) is 95.3 Å². The molecule has 0 amide bonds. The summed E-state index contributed by atoms with van der Waals surface area (Å²) in [6.07, 6.45) is -0.213. The van der Waals surface area contributed by atoms with Gasteiger partial charge in [0, 0.05) is 32.8 Å². The number of hydrogen-bond donors (Lipinski definition) is 4. The third-order valence-electron chi connectivity index (χ3n) is 4.25. The average Bonchev–Trinajstić information content (AvgIpc) is 2.94. The monoisotopic (exact) mass is 389 g/mol. The Morgan fingerprint density at radius 2 is 1.96 bits per heavy atom. The summed E-state index contributed by atoms with van der Waals surface area (Å²) < 4.78 is 11.3. The molecule has 0 spiro atoms. The lowest BCUT2D eigenvalue weighted by Crippen LogP contribution is -2.61. The van der Waals surface area contributed by atoms with Gasteiger partial charge in [0.1, 0.15) is 23.7 Å². The molecule has 0 aromatic heterocycles. The van der Waals surface area contributed by atoms with Gasteiger partial charge in [-0.05, 0) is 12.8 Å². The van der Waals surface area contributed by atoms with Gasteiger partial charge >= 0.3 is 0 Å². The van der Waals surface area contributed by atoms with Crippen LogP contribution in [-0.4, -0.2) is 78.0 Å². The van der Waals surface area contributed by atoms with Gasteiger partial charge in [0.25, 0.3) is 0 Å². The molecule has 0 unspecified atom stereocenters. The zero-order valence-corrected chi connectivity index (χ0v) is 15.3. The molecule has 3 aliphatic heterocycles. The maximum atomic E-state index is 10.3. The zero-order chi connectivity index (χ0) is 14.8. The molecule has 136 valence electrons. The van der Waals surface area contributed by atoms with E-state index in [1.165, 1.54) is 11.8 Å². The lowest BCUT2D eigenvalue weighted by Gasteiger charge is -2.39. The maximum Gasteiger partial charge on any atom is 0.159 e. The molecular formula is C13H25Cl2N3O4S. The summed E-state index contributed by atoms with van der Waals surface area (Å²) >= 11 is 1.46. The third-order valence-corrected chi connectivity index (χ3v) is 5.41. The van der Waals surface area contributed by atoms with E-state index in [4.69, 9.17) is 9.47 Å². The molecule has 5 atom stereocenters. The molecule has 3 rings (SSSR count). The number of aliphatic imine (C=N–C) groups is 1. The number of aliphatic hydroxyl groups is 2. The second-order valence-corrected chi connectivity index (χ2v) is 6.72. The Balaban J connectivity index is 0.00000132. The first kappa shape index (κ1) is 21.2. The van der Waals surface area contributed by atoms with Gasteiger partial charge in [-0.1, -0.05) is 11.8 Å². The molecular weight excluding hydrogens is 365 g/mol. The van der Waals surface area contributed by atoms with E-state index in [1.54, 1.807) is 7.05 Å². The molecule has 0 bridgehead atoms. The van der Waals surface area contributed by atoms with Crippen molar-refractivity contribution in [3.63, 3.8) is 0 Å². The van der Waals surface area contributed by atoms with Crippen molar-refractivity contribution in [2.24, 2.45) is 4.99 Å². The van der Waals surface area contributed by atoms with Crippen molar-refractivity contribution in [1.29, 1.82) is 0 Å². The minimum Gasteiger partial charge on any atom is -0.388 e. The van der Waals surface area contributed by atoms with Crippen LogP contribution in [0.5, 0.6) is 0 Å². The number of aliphatic hydroxyl groups excluding tert-OH is 2. The van der Waals surface area contributed by atoms with Gasteiger partial charge < -0.3 is 30.3 Å². The largest absolute Gasteiger partial charge is 0.388 e. The van der Waals surface area contributed by atoms with Crippen LogP contribution in [-0.2, 0) is 9.47 Å². The predicted octanol–water partition coefficient (Wildman–Crippen LogP) is -0.264. The van der Waals surface area contributed by atoms with Crippen molar-refractivity contribution < 1.29 is 19.7 Å². The number of ether oxygens (including phenoxy) is 2. The van der Waals surface area contributed by atoms with Crippen molar-refractivity contribution >= 4 is 41.7 Å². The summed E-state index contributed by atoms with van der Waals surface area (Å²) in [7, 11) is 1.69. The summed E-state index contributed by atoms with van der Waals surface area (Å²) in [5.74, 6) is 0. The Kier molecular flexibility index (Phi) is 8.89. The minimum absolute atomic E-state index is 0. The second kappa shape index (κ2) is 9.62. The smallest absolute Gasteiger partial charge is 0.159 e. The van der Waals surface area contributed by atoms with Crippen molar-refractivity contribution in [2.75, 3.05) is 26.8 Å². The Morgan fingerprint density at radius 1 is 1.26 bits per heavy atom. The van der Waals surface area contributed by atoms with Crippen LogP contribution in [0.3, 0.4) is 0 Å². The van der Waals surface area contributed by atoms with Crippen LogP contribution >= 0.6 is 36.6 Å². The van der Waals surface area contributed by atoms with Crippen LogP contribution in [0.4, 0.5) is 0 Å². The highest BCUT2D eigenvalue weighted by Gasteiger charge is 2.48. The summed E-state index contributed by atoms with van der Waals surface area (Å²) in [6.45, 7) is 2.08. The van der Waals surface area contributed by atoms with Crippen LogP contribution in [0.15, 0.2) is 4.99 Å². The lowest BCUT2D eigenvalue weighted by atomic mass is 9.97. The summed E-state index contributed by atoms with van der Waals surface area (Å²) in [5, 5.41) is 27.7. The fourth-order valence-electron chi connectivity index (χ4n) is 2.94. The summed E-state index contributed by atoms with van der Waals surface area (Å²) in [6, 6.07) is 0.0922. The Labute approximate surface area is 152 Å². The molecule has 0 aromatic rings. The SMILES string of the molecule is CN=C1N[C@@H]2[C@@H](O)[C@H](O)[C@@H](CNC3CCOCC3)O[C@@H]2S1.Cl.Cl. The summed E-state index contributed by atoms with van der Waals surface area (Å²) in [5.41, 5.74) is -0.205. The molecule has 7 nitrogen and oxygen atoms in total. The molecule has 3 aliphatic rings. The van der Waals surface area contributed by atoms with Gasteiger partial charge in [0.2, 0.25) is 0 Å². The number of hydrogen-bond acceptors (Lipinski definition) is 7. The van der Waals surface area contributed by atoms with E-state index < -0.39 is 18.3 Å². The quantitative estimate of drug-likeness (QED) is 0.527. The van der Waals surface area contributed by atoms with Gasteiger partial charge in [-0.3, -0.25) is 4.99 Å². The second-order valence-electron chi connectivity index (χ2n) is 5.64. The number of thioether (sulfide) groups is 1. The van der Waals surface area contributed by atoms with E-state index in [1.807, 2.05) is 0 Å². The molecule has 3 saturated heterocycles. The third kappa shape index (κ3) is 4.85. The van der Waals surface area contributed by atoms with Gasteiger partial charge in [-0.2, -0.15) is 0 Å². The molecule has 23 heavy (non-hydrogen) atoms. The van der Waals surface area contributed by atoms with E-state index in [0.29, 0.717) is 12.6 Å². The first-order valence-electron chi connectivity index (χ1n) is 7.41.